The highest BCUT2D eigenvalue weighted by Gasteiger charge is 2.34. The Morgan fingerprint density at radius 1 is 1.25 bits per heavy atom. The maximum atomic E-state index is 6.01. The van der Waals surface area contributed by atoms with E-state index in [0.29, 0.717) is 12.1 Å². The minimum absolute atomic E-state index is 0.522. The van der Waals surface area contributed by atoms with Gasteiger partial charge in [0.2, 0.25) is 0 Å². The summed E-state index contributed by atoms with van der Waals surface area (Å²) in [6.07, 6.45) is 5.37. The highest BCUT2D eigenvalue weighted by Crippen LogP contribution is 2.41. The van der Waals surface area contributed by atoms with Crippen LogP contribution in [0.5, 0.6) is 0 Å². The smallest absolute Gasteiger partial charge is 0.0406 e. The van der Waals surface area contributed by atoms with Gasteiger partial charge in [-0.3, -0.25) is 0 Å². The summed E-state index contributed by atoms with van der Waals surface area (Å²) in [5, 5.41) is 4.76. The summed E-state index contributed by atoms with van der Waals surface area (Å²) < 4.78 is 0. The van der Waals surface area contributed by atoms with E-state index in [-0.39, 0.29) is 0 Å². The minimum atomic E-state index is 0.522. The van der Waals surface area contributed by atoms with Crippen molar-refractivity contribution in [2.24, 2.45) is 5.92 Å². The number of nitrogens with zero attached hydrogens (tertiary/aromatic N) is 1. The Kier molecular flexibility index (Phi) is 4.65. The summed E-state index contributed by atoms with van der Waals surface area (Å²) in [6, 6.07) is 9.59. The van der Waals surface area contributed by atoms with E-state index < -0.39 is 0 Å². The maximum Gasteiger partial charge on any atom is 0.0406 e. The zero-order valence-electron chi connectivity index (χ0n) is 12.3. The van der Waals surface area contributed by atoms with Gasteiger partial charge in [-0.05, 0) is 62.4 Å². The number of likely N-dealkylation sites (N-methyl/N-ethyl adjacent to an activating group) is 1. The van der Waals surface area contributed by atoms with Crippen molar-refractivity contribution >= 4 is 11.6 Å². The molecule has 2 aliphatic rings. The zero-order valence-corrected chi connectivity index (χ0v) is 13.1. The second-order valence-corrected chi connectivity index (χ2v) is 6.70. The molecule has 1 heterocycles. The molecule has 0 bridgehead atoms. The highest BCUT2D eigenvalue weighted by atomic mass is 35.5. The number of rotatable bonds is 5. The Bertz CT molecular complexity index is 427. The lowest BCUT2D eigenvalue weighted by atomic mass is 9.98. The van der Waals surface area contributed by atoms with Crippen LogP contribution >= 0.6 is 11.6 Å². The average Bonchev–Trinajstić information content (AvgIpc) is 3.31. The first-order valence-corrected chi connectivity index (χ1v) is 8.38. The third kappa shape index (κ3) is 3.55. The molecule has 2 unspecified atom stereocenters. The first-order valence-electron chi connectivity index (χ1n) is 8.00. The summed E-state index contributed by atoms with van der Waals surface area (Å²) in [5.74, 6) is 0.827. The van der Waals surface area contributed by atoms with Gasteiger partial charge in [0, 0.05) is 23.7 Å². The molecule has 3 heteroatoms. The monoisotopic (exact) mass is 292 g/mol. The molecule has 3 rings (SSSR count). The van der Waals surface area contributed by atoms with E-state index in [1.54, 1.807) is 0 Å². The largest absolute Gasteiger partial charge is 0.306 e. The number of halogens is 1. The summed E-state index contributed by atoms with van der Waals surface area (Å²) in [5.41, 5.74) is 1.41. The van der Waals surface area contributed by atoms with Crippen molar-refractivity contribution in [2.45, 2.75) is 44.7 Å². The van der Waals surface area contributed by atoms with Gasteiger partial charge in [-0.25, -0.2) is 0 Å². The number of piperidine rings is 1. The quantitative estimate of drug-likeness (QED) is 0.886. The van der Waals surface area contributed by atoms with Gasteiger partial charge in [0.05, 0.1) is 0 Å². The van der Waals surface area contributed by atoms with Crippen molar-refractivity contribution < 1.29 is 0 Å². The molecule has 0 amide bonds. The Hall–Kier alpha value is -0.570. The van der Waals surface area contributed by atoms with E-state index in [9.17, 15) is 0 Å². The fourth-order valence-electron chi connectivity index (χ4n) is 3.34. The lowest BCUT2D eigenvalue weighted by molar-refractivity contribution is 0.187. The molecule has 1 aliphatic heterocycles. The lowest BCUT2D eigenvalue weighted by Crippen LogP contribution is -2.47. The molecule has 1 saturated carbocycles. The molecule has 20 heavy (non-hydrogen) atoms. The first-order chi connectivity index (χ1) is 9.76. The van der Waals surface area contributed by atoms with Crippen LogP contribution in [0.3, 0.4) is 0 Å². The van der Waals surface area contributed by atoms with Gasteiger partial charge >= 0.3 is 0 Å². The number of hydrogen-bond acceptors (Lipinski definition) is 2. The SMILES string of the molecule is CCN1CCCC(NC(c2ccc(Cl)cc2)C2CC2)C1. The number of benzene rings is 1. The van der Waals surface area contributed by atoms with Gasteiger partial charge in [-0.15, -0.1) is 0 Å². The van der Waals surface area contributed by atoms with Gasteiger partial charge in [-0.1, -0.05) is 30.7 Å². The second kappa shape index (κ2) is 6.46. The van der Waals surface area contributed by atoms with Crippen LogP contribution in [0.25, 0.3) is 0 Å². The predicted octanol–water partition coefficient (Wildman–Crippen LogP) is 3.87. The highest BCUT2D eigenvalue weighted by molar-refractivity contribution is 6.30. The molecule has 110 valence electrons. The molecule has 1 aliphatic carbocycles. The van der Waals surface area contributed by atoms with Crippen molar-refractivity contribution in [3.63, 3.8) is 0 Å². The molecule has 1 aromatic rings. The van der Waals surface area contributed by atoms with Gasteiger partial charge in [0.25, 0.3) is 0 Å². The van der Waals surface area contributed by atoms with Crippen molar-refractivity contribution in [1.29, 1.82) is 0 Å². The van der Waals surface area contributed by atoms with Crippen molar-refractivity contribution in [2.75, 3.05) is 19.6 Å². The summed E-state index contributed by atoms with van der Waals surface area (Å²) >= 11 is 6.01. The van der Waals surface area contributed by atoms with Gasteiger partial charge in [0.1, 0.15) is 0 Å². The fourth-order valence-corrected chi connectivity index (χ4v) is 3.46. The Morgan fingerprint density at radius 3 is 2.65 bits per heavy atom. The molecular weight excluding hydrogens is 268 g/mol. The maximum absolute atomic E-state index is 6.01. The van der Waals surface area contributed by atoms with Gasteiger partial charge in [0.15, 0.2) is 0 Å². The Morgan fingerprint density at radius 2 is 2.00 bits per heavy atom. The van der Waals surface area contributed by atoms with E-state index >= 15 is 0 Å². The Labute approximate surface area is 127 Å². The van der Waals surface area contributed by atoms with Crippen molar-refractivity contribution in [3.05, 3.63) is 34.9 Å². The van der Waals surface area contributed by atoms with Crippen molar-refractivity contribution in [3.8, 4) is 0 Å². The molecule has 0 aromatic heterocycles. The summed E-state index contributed by atoms with van der Waals surface area (Å²) in [4.78, 5) is 2.56. The van der Waals surface area contributed by atoms with Crippen LogP contribution in [0, 0.1) is 5.92 Å². The fraction of sp³-hybridized carbons (Fsp3) is 0.647. The van der Waals surface area contributed by atoms with Crippen LogP contribution in [-0.2, 0) is 0 Å². The minimum Gasteiger partial charge on any atom is -0.306 e. The van der Waals surface area contributed by atoms with Crippen LogP contribution in [0.15, 0.2) is 24.3 Å². The molecule has 2 nitrogen and oxygen atoms in total. The first kappa shape index (κ1) is 14.4. The molecule has 0 radical (unpaired) electrons. The normalized spacial score (nSPS) is 25.6. The number of likely N-dealkylation sites (tertiary alicyclic amines) is 1. The number of hydrogen-bond donors (Lipinski definition) is 1. The molecule has 0 spiro atoms. The van der Waals surface area contributed by atoms with Crippen LogP contribution in [0.2, 0.25) is 5.02 Å². The molecular formula is C17H25ClN2. The zero-order chi connectivity index (χ0) is 13.9. The van der Waals surface area contributed by atoms with Gasteiger partial charge in [-0.2, -0.15) is 0 Å². The van der Waals surface area contributed by atoms with Gasteiger partial charge < -0.3 is 10.2 Å². The third-order valence-corrected chi connectivity index (χ3v) is 4.94. The molecule has 1 saturated heterocycles. The van der Waals surface area contributed by atoms with E-state index in [1.807, 2.05) is 12.1 Å². The standard InChI is InChI=1S/C17H25ClN2/c1-2-20-11-3-4-16(12-20)19-17(13-5-6-13)14-7-9-15(18)10-8-14/h7-10,13,16-17,19H,2-6,11-12H2,1H3. The third-order valence-electron chi connectivity index (χ3n) is 4.69. The molecule has 1 N–H and O–H groups in total. The molecule has 2 atom stereocenters. The average molecular weight is 293 g/mol. The molecule has 1 aromatic carbocycles. The summed E-state index contributed by atoms with van der Waals surface area (Å²) in [6.45, 7) is 5.91. The predicted molar refractivity (Wildman–Crippen MR) is 85.2 cm³/mol. The topological polar surface area (TPSA) is 15.3 Å². The van der Waals surface area contributed by atoms with Crippen molar-refractivity contribution in [1.82, 2.24) is 10.2 Å². The van der Waals surface area contributed by atoms with Crippen LogP contribution in [-0.4, -0.2) is 30.6 Å². The second-order valence-electron chi connectivity index (χ2n) is 6.27. The summed E-state index contributed by atoms with van der Waals surface area (Å²) in [7, 11) is 0. The Balaban J connectivity index is 1.67. The lowest BCUT2D eigenvalue weighted by Gasteiger charge is -2.35. The molecule has 2 fully saturated rings. The van der Waals surface area contributed by atoms with Crippen LogP contribution < -0.4 is 5.32 Å². The van der Waals surface area contributed by atoms with Crippen LogP contribution in [0.4, 0.5) is 0 Å². The van der Waals surface area contributed by atoms with Crippen LogP contribution in [0.1, 0.15) is 44.2 Å². The van der Waals surface area contributed by atoms with E-state index in [4.69, 9.17) is 11.6 Å². The van der Waals surface area contributed by atoms with E-state index in [0.717, 1.165) is 10.9 Å². The van der Waals surface area contributed by atoms with E-state index in [2.05, 4.69) is 29.3 Å². The number of nitrogens with one attached hydrogen (secondary N) is 1. The van der Waals surface area contributed by atoms with E-state index in [1.165, 1.54) is 50.9 Å².